The van der Waals surface area contributed by atoms with Crippen molar-refractivity contribution >= 4 is 48.9 Å². The summed E-state index contributed by atoms with van der Waals surface area (Å²) in [4.78, 5) is 2.29. The Balaban J connectivity index is 1.43. The van der Waals surface area contributed by atoms with Gasteiger partial charge in [0.15, 0.2) is 0 Å². The van der Waals surface area contributed by atoms with Gasteiger partial charge in [0.25, 0.3) is 0 Å². The molecule has 6 rings (SSSR count). The molecule has 0 saturated carbocycles. The predicted octanol–water partition coefficient (Wildman–Crippen LogP) is 9.25. The lowest BCUT2D eigenvalue weighted by molar-refractivity contribution is 0.0717. The molecule has 0 spiro atoms. The first-order valence-corrected chi connectivity index (χ1v) is 12.5. The molecule has 2 aliphatic rings. The minimum absolute atomic E-state index is 0.278. The Kier molecular flexibility index (Phi) is 5.17. The number of anilines is 3. The minimum atomic E-state index is 0.278. The van der Waals surface area contributed by atoms with E-state index in [1.54, 1.807) is 0 Å². The molecule has 0 amide bonds. The van der Waals surface area contributed by atoms with Gasteiger partial charge in [0.2, 0.25) is 0 Å². The van der Waals surface area contributed by atoms with Gasteiger partial charge in [0.05, 0.1) is 12.2 Å². The fourth-order valence-electron chi connectivity index (χ4n) is 4.87. The van der Waals surface area contributed by atoms with Crippen LogP contribution in [0.2, 0.25) is 0 Å². The van der Waals surface area contributed by atoms with Crippen molar-refractivity contribution in [3.05, 3.63) is 111 Å². The van der Waals surface area contributed by atoms with E-state index in [1.165, 1.54) is 22.3 Å². The monoisotopic (exact) mass is 545 g/mol. The van der Waals surface area contributed by atoms with E-state index in [-0.39, 0.29) is 6.10 Å². The second-order valence-corrected chi connectivity index (χ2v) is 10.2. The number of benzene rings is 4. The lowest BCUT2D eigenvalue weighted by Crippen LogP contribution is -2.09. The summed E-state index contributed by atoms with van der Waals surface area (Å²) in [6, 6.07) is 32.5. The van der Waals surface area contributed by atoms with Gasteiger partial charge in [-0.05, 0) is 102 Å². The topological polar surface area (TPSA) is 12.5 Å². The van der Waals surface area contributed by atoms with E-state index in [1.807, 2.05) is 0 Å². The third-order valence-electron chi connectivity index (χ3n) is 6.41. The Hall–Kier alpha value is -2.40. The SMILES string of the molecule is Brc1ccc(N(c2ccc(Br)cc2)c2cccc(-c3ccc4c(c3)C3CCC4O3)c2)cc1. The molecule has 2 atom stereocenters. The van der Waals surface area contributed by atoms with Gasteiger partial charge < -0.3 is 9.64 Å². The molecule has 4 aromatic rings. The Morgan fingerprint density at radius 2 is 1.19 bits per heavy atom. The third kappa shape index (κ3) is 3.61. The van der Waals surface area contributed by atoms with Gasteiger partial charge in [0.1, 0.15) is 0 Å². The van der Waals surface area contributed by atoms with Gasteiger partial charge >= 0.3 is 0 Å². The number of halogens is 2. The number of fused-ring (bicyclic) bond motifs is 5. The molecule has 2 nitrogen and oxygen atoms in total. The molecule has 2 bridgehead atoms. The molecule has 2 heterocycles. The Labute approximate surface area is 205 Å². The Morgan fingerprint density at radius 1 is 0.594 bits per heavy atom. The molecular formula is C28H21Br2NO. The first-order valence-electron chi connectivity index (χ1n) is 10.9. The van der Waals surface area contributed by atoms with Gasteiger partial charge in [-0.1, -0.05) is 56.1 Å². The van der Waals surface area contributed by atoms with E-state index >= 15 is 0 Å². The summed E-state index contributed by atoms with van der Waals surface area (Å²) in [5.74, 6) is 0. The molecule has 0 aromatic heterocycles. The zero-order valence-electron chi connectivity index (χ0n) is 17.3. The van der Waals surface area contributed by atoms with Crippen LogP contribution < -0.4 is 4.90 Å². The maximum absolute atomic E-state index is 6.11. The van der Waals surface area contributed by atoms with Crippen molar-refractivity contribution < 1.29 is 4.74 Å². The normalized spacial score (nSPS) is 18.6. The van der Waals surface area contributed by atoms with Crippen LogP contribution in [0.1, 0.15) is 36.2 Å². The molecule has 1 fully saturated rings. The van der Waals surface area contributed by atoms with Gasteiger partial charge in [-0.25, -0.2) is 0 Å². The van der Waals surface area contributed by atoms with E-state index < -0.39 is 0 Å². The molecule has 2 aliphatic heterocycles. The van der Waals surface area contributed by atoms with Crippen LogP contribution in [-0.2, 0) is 4.74 Å². The summed E-state index contributed by atoms with van der Waals surface area (Å²) >= 11 is 7.12. The Morgan fingerprint density at radius 3 is 1.84 bits per heavy atom. The molecule has 2 unspecified atom stereocenters. The Bertz CT molecular complexity index is 1240. The highest BCUT2D eigenvalue weighted by Crippen LogP contribution is 2.51. The fraction of sp³-hybridized carbons (Fsp3) is 0.143. The summed E-state index contributed by atoms with van der Waals surface area (Å²) in [5, 5.41) is 0. The number of rotatable bonds is 4. The largest absolute Gasteiger partial charge is 0.366 e. The van der Waals surface area contributed by atoms with Crippen molar-refractivity contribution in [3.63, 3.8) is 0 Å². The molecule has 4 aromatic carbocycles. The zero-order valence-corrected chi connectivity index (χ0v) is 20.5. The first kappa shape index (κ1) is 20.2. The highest BCUT2D eigenvalue weighted by Gasteiger charge is 2.37. The standard InChI is InChI=1S/C28H21Br2NO/c29-20-5-9-22(10-6-20)31(23-11-7-21(30)8-12-23)24-3-1-2-18(16-24)19-4-13-25-26(17-19)28-15-14-27(25)32-28/h1-13,16-17,27-28H,14-15H2. The summed E-state index contributed by atoms with van der Waals surface area (Å²) in [6.07, 6.45) is 2.88. The average molecular weight is 547 g/mol. The van der Waals surface area contributed by atoms with Crippen molar-refractivity contribution in [1.82, 2.24) is 0 Å². The smallest absolute Gasteiger partial charge is 0.0838 e. The first-order chi connectivity index (χ1) is 15.7. The molecule has 0 aliphatic carbocycles. The van der Waals surface area contributed by atoms with Crippen molar-refractivity contribution in [1.29, 1.82) is 0 Å². The van der Waals surface area contributed by atoms with Crippen LogP contribution in [0, 0.1) is 0 Å². The van der Waals surface area contributed by atoms with Crippen molar-refractivity contribution in [2.24, 2.45) is 0 Å². The van der Waals surface area contributed by atoms with E-state index in [0.717, 1.165) is 38.8 Å². The number of hydrogen-bond acceptors (Lipinski definition) is 2. The summed E-state index contributed by atoms with van der Waals surface area (Å²) in [6.45, 7) is 0. The van der Waals surface area contributed by atoms with Gasteiger partial charge in [0, 0.05) is 26.0 Å². The second-order valence-electron chi connectivity index (χ2n) is 8.37. The van der Waals surface area contributed by atoms with Gasteiger partial charge in [-0.15, -0.1) is 0 Å². The van der Waals surface area contributed by atoms with E-state index in [4.69, 9.17) is 4.74 Å². The van der Waals surface area contributed by atoms with Crippen LogP contribution in [0.25, 0.3) is 11.1 Å². The second kappa shape index (κ2) is 8.18. The third-order valence-corrected chi connectivity index (χ3v) is 7.46. The lowest BCUT2D eigenvalue weighted by Gasteiger charge is -2.26. The maximum atomic E-state index is 6.11. The zero-order chi connectivity index (χ0) is 21.7. The number of hydrogen-bond donors (Lipinski definition) is 0. The maximum Gasteiger partial charge on any atom is 0.0838 e. The number of ether oxygens (including phenoxy) is 1. The molecular weight excluding hydrogens is 526 g/mol. The molecule has 0 radical (unpaired) electrons. The van der Waals surface area contributed by atoms with E-state index in [2.05, 4.69) is 128 Å². The molecule has 4 heteroatoms. The fourth-order valence-corrected chi connectivity index (χ4v) is 5.40. The van der Waals surface area contributed by atoms with Crippen molar-refractivity contribution in [2.75, 3.05) is 4.90 Å². The van der Waals surface area contributed by atoms with Gasteiger partial charge in [-0.3, -0.25) is 0 Å². The highest BCUT2D eigenvalue weighted by atomic mass is 79.9. The summed E-state index contributed by atoms with van der Waals surface area (Å²) < 4.78 is 8.25. The number of nitrogens with zero attached hydrogens (tertiary/aromatic N) is 1. The van der Waals surface area contributed by atoms with Crippen LogP contribution in [0.15, 0.2) is 99.9 Å². The summed E-state index contributed by atoms with van der Waals surface area (Å²) in [5.41, 5.74) is 8.58. The van der Waals surface area contributed by atoms with Crippen LogP contribution >= 0.6 is 31.9 Å². The van der Waals surface area contributed by atoms with Gasteiger partial charge in [-0.2, -0.15) is 0 Å². The molecule has 32 heavy (non-hydrogen) atoms. The van der Waals surface area contributed by atoms with Crippen molar-refractivity contribution in [2.45, 2.75) is 25.0 Å². The average Bonchev–Trinajstić information content (AvgIpc) is 3.45. The van der Waals surface area contributed by atoms with Crippen LogP contribution in [0.4, 0.5) is 17.1 Å². The highest BCUT2D eigenvalue weighted by molar-refractivity contribution is 9.10. The quantitative estimate of drug-likeness (QED) is 0.253. The molecule has 1 saturated heterocycles. The lowest BCUT2D eigenvalue weighted by atomic mass is 9.89. The van der Waals surface area contributed by atoms with Crippen LogP contribution in [0.5, 0.6) is 0 Å². The minimum Gasteiger partial charge on any atom is -0.366 e. The predicted molar refractivity (Wildman–Crippen MR) is 138 cm³/mol. The van der Waals surface area contributed by atoms with Crippen molar-refractivity contribution in [3.8, 4) is 11.1 Å². The van der Waals surface area contributed by atoms with Crippen LogP contribution in [-0.4, -0.2) is 0 Å². The van der Waals surface area contributed by atoms with E-state index in [9.17, 15) is 0 Å². The molecule has 158 valence electrons. The molecule has 0 N–H and O–H groups in total. The summed E-state index contributed by atoms with van der Waals surface area (Å²) in [7, 11) is 0. The van der Waals surface area contributed by atoms with E-state index in [0.29, 0.717) is 6.10 Å². The van der Waals surface area contributed by atoms with Crippen LogP contribution in [0.3, 0.4) is 0 Å².